The fourth-order valence-electron chi connectivity index (χ4n) is 2.29. The lowest BCUT2D eigenvalue weighted by molar-refractivity contribution is -0.158. The summed E-state index contributed by atoms with van der Waals surface area (Å²) in [6, 6.07) is -0.640. The number of carbonyl (C=O) groups is 2. The maximum atomic E-state index is 11.8. The molecule has 1 atom stereocenters. The van der Waals surface area contributed by atoms with Gasteiger partial charge in [0.1, 0.15) is 11.6 Å². The van der Waals surface area contributed by atoms with Crippen LogP contribution in [0.3, 0.4) is 0 Å². The molecule has 0 aromatic heterocycles. The highest BCUT2D eigenvalue weighted by Gasteiger charge is 2.34. The summed E-state index contributed by atoms with van der Waals surface area (Å²) in [7, 11) is 0. The van der Waals surface area contributed by atoms with Crippen molar-refractivity contribution < 1.29 is 19.4 Å². The minimum atomic E-state index is -0.751. The van der Waals surface area contributed by atoms with Crippen LogP contribution in [0.2, 0.25) is 0 Å². The Kier molecular flexibility index (Phi) is 4.73. The zero-order valence-electron chi connectivity index (χ0n) is 11.3. The van der Waals surface area contributed by atoms with Gasteiger partial charge >= 0.3 is 11.9 Å². The molecule has 1 aliphatic carbocycles. The summed E-state index contributed by atoms with van der Waals surface area (Å²) in [5.41, 5.74) is 5.36. The lowest BCUT2D eigenvalue weighted by Gasteiger charge is -2.31. The van der Waals surface area contributed by atoms with Crippen LogP contribution >= 0.6 is 0 Å². The Morgan fingerprint density at radius 2 is 1.72 bits per heavy atom. The molecule has 1 saturated carbocycles. The van der Waals surface area contributed by atoms with E-state index in [4.69, 9.17) is 15.6 Å². The van der Waals surface area contributed by atoms with Gasteiger partial charge in [-0.15, -0.1) is 0 Å². The Bertz CT molecular complexity index is 313. The van der Waals surface area contributed by atoms with E-state index in [9.17, 15) is 9.59 Å². The van der Waals surface area contributed by atoms with Gasteiger partial charge in [-0.25, -0.2) is 0 Å². The van der Waals surface area contributed by atoms with Crippen molar-refractivity contribution in [1.82, 2.24) is 0 Å². The number of aliphatic carboxylic acids is 1. The number of hydrogen-bond donors (Lipinski definition) is 2. The molecule has 1 fully saturated rings. The van der Waals surface area contributed by atoms with Crippen molar-refractivity contribution in [3.8, 4) is 0 Å². The van der Waals surface area contributed by atoms with Crippen LogP contribution in [0.5, 0.6) is 0 Å². The molecule has 0 aliphatic heterocycles. The molecule has 0 amide bonds. The van der Waals surface area contributed by atoms with Gasteiger partial charge in [0.2, 0.25) is 0 Å². The molecule has 0 spiro atoms. The average Bonchev–Trinajstić information content (AvgIpc) is 2.26. The highest BCUT2D eigenvalue weighted by atomic mass is 16.6. The third-order valence-electron chi connectivity index (χ3n) is 3.31. The monoisotopic (exact) mass is 257 g/mol. The Morgan fingerprint density at radius 1 is 1.22 bits per heavy atom. The smallest absolute Gasteiger partial charge is 0.323 e. The van der Waals surface area contributed by atoms with Gasteiger partial charge in [-0.2, -0.15) is 0 Å². The molecule has 18 heavy (non-hydrogen) atoms. The van der Waals surface area contributed by atoms with Gasteiger partial charge in [-0.1, -0.05) is 0 Å². The summed E-state index contributed by atoms with van der Waals surface area (Å²) in [4.78, 5) is 22.6. The fourth-order valence-corrected chi connectivity index (χ4v) is 2.29. The molecule has 5 nitrogen and oxygen atoms in total. The molecule has 0 heterocycles. The SMILES string of the molecule is CC(C)(C)OC(=O)C(N)[C@H]1CC[C@H](C(=O)O)CC1. The topological polar surface area (TPSA) is 89.6 Å². The van der Waals surface area contributed by atoms with E-state index < -0.39 is 17.6 Å². The highest BCUT2D eigenvalue weighted by Crippen LogP contribution is 2.31. The molecule has 104 valence electrons. The Labute approximate surface area is 108 Å². The van der Waals surface area contributed by atoms with E-state index in [1.807, 2.05) is 0 Å². The largest absolute Gasteiger partial charge is 0.481 e. The maximum Gasteiger partial charge on any atom is 0.323 e. The third-order valence-corrected chi connectivity index (χ3v) is 3.31. The van der Waals surface area contributed by atoms with Crippen molar-refractivity contribution in [1.29, 1.82) is 0 Å². The summed E-state index contributed by atoms with van der Waals surface area (Å²) in [5, 5.41) is 8.90. The van der Waals surface area contributed by atoms with Gasteiger partial charge in [0, 0.05) is 0 Å². The molecule has 1 rings (SSSR count). The second-order valence-corrected chi connectivity index (χ2v) is 6.01. The van der Waals surface area contributed by atoms with Crippen LogP contribution in [-0.2, 0) is 14.3 Å². The first-order valence-electron chi connectivity index (χ1n) is 6.42. The molecule has 5 heteroatoms. The standard InChI is InChI=1S/C13H23NO4/c1-13(2,3)18-12(17)10(14)8-4-6-9(7-5-8)11(15)16/h8-10H,4-7,14H2,1-3H3,(H,15,16)/t8-,9-,10?. The van der Waals surface area contributed by atoms with Crippen molar-refractivity contribution in [2.24, 2.45) is 17.6 Å². The third kappa shape index (κ3) is 4.29. The van der Waals surface area contributed by atoms with Crippen LogP contribution in [0, 0.1) is 11.8 Å². The van der Waals surface area contributed by atoms with E-state index in [2.05, 4.69) is 0 Å². The van der Waals surface area contributed by atoms with Gasteiger partial charge < -0.3 is 15.6 Å². The second-order valence-electron chi connectivity index (χ2n) is 6.01. The molecule has 1 unspecified atom stereocenters. The number of rotatable bonds is 3. The van der Waals surface area contributed by atoms with E-state index in [0.717, 1.165) is 0 Å². The Balaban J connectivity index is 2.47. The lowest BCUT2D eigenvalue weighted by Crippen LogP contribution is -2.44. The van der Waals surface area contributed by atoms with Crippen LogP contribution in [0.1, 0.15) is 46.5 Å². The highest BCUT2D eigenvalue weighted by molar-refractivity contribution is 5.76. The van der Waals surface area contributed by atoms with Crippen molar-refractivity contribution in [3.63, 3.8) is 0 Å². The summed E-state index contributed by atoms with van der Waals surface area (Å²) < 4.78 is 5.25. The molecule has 0 saturated heterocycles. The normalized spacial score (nSPS) is 26.4. The molecule has 0 bridgehead atoms. The molecule has 0 aromatic carbocycles. The van der Waals surface area contributed by atoms with Gasteiger partial charge in [0.25, 0.3) is 0 Å². The van der Waals surface area contributed by atoms with E-state index in [1.54, 1.807) is 20.8 Å². The fraction of sp³-hybridized carbons (Fsp3) is 0.846. The molecule has 0 aromatic rings. The van der Waals surface area contributed by atoms with Crippen molar-refractivity contribution in [3.05, 3.63) is 0 Å². The van der Waals surface area contributed by atoms with Gasteiger partial charge in [0.15, 0.2) is 0 Å². The van der Waals surface area contributed by atoms with Crippen molar-refractivity contribution >= 4 is 11.9 Å². The van der Waals surface area contributed by atoms with Crippen LogP contribution in [0.15, 0.2) is 0 Å². The van der Waals surface area contributed by atoms with Gasteiger partial charge in [0.05, 0.1) is 5.92 Å². The number of carbonyl (C=O) groups excluding carboxylic acids is 1. The quantitative estimate of drug-likeness (QED) is 0.749. The van der Waals surface area contributed by atoms with E-state index in [1.165, 1.54) is 0 Å². The Morgan fingerprint density at radius 3 is 2.11 bits per heavy atom. The van der Waals surface area contributed by atoms with Crippen LogP contribution in [0.25, 0.3) is 0 Å². The predicted octanol–water partition coefficient (Wildman–Crippen LogP) is 1.55. The predicted molar refractivity (Wildman–Crippen MR) is 66.9 cm³/mol. The first kappa shape index (κ1) is 15.0. The van der Waals surface area contributed by atoms with Crippen molar-refractivity contribution in [2.75, 3.05) is 0 Å². The minimum absolute atomic E-state index is 0.0375. The van der Waals surface area contributed by atoms with E-state index >= 15 is 0 Å². The zero-order chi connectivity index (χ0) is 13.9. The molecular weight excluding hydrogens is 234 g/mol. The lowest BCUT2D eigenvalue weighted by atomic mass is 9.79. The minimum Gasteiger partial charge on any atom is -0.481 e. The second kappa shape index (κ2) is 5.69. The van der Waals surface area contributed by atoms with Gasteiger partial charge in [-0.3, -0.25) is 9.59 Å². The van der Waals surface area contributed by atoms with Gasteiger partial charge in [-0.05, 0) is 52.4 Å². The number of hydrogen-bond acceptors (Lipinski definition) is 4. The number of carboxylic acid groups (broad SMARTS) is 1. The zero-order valence-corrected chi connectivity index (χ0v) is 11.3. The summed E-state index contributed by atoms with van der Waals surface area (Å²) in [6.45, 7) is 5.41. The molecule has 3 N–H and O–H groups in total. The van der Waals surface area contributed by atoms with E-state index in [-0.39, 0.29) is 17.8 Å². The van der Waals surface area contributed by atoms with Crippen LogP contribution in [0.4, 0.5) is 0 Å². The average molecular weight is 257 g/mol. The molecular formula is C13H23NO4. The van der Waals surface area contributed by atoms with Crippen LogP contribution in [-0.4, -0.2) is 28.7 Å². The van der Waals surface area contributed by atoms with Crippen molar-refractivity contribution in [2.45, 2.75) is 58.1 Å². The summed E-state index contributed by atoms with van der Waals surface area (Å²) in [6.07, 6.45) is 2.54. The summed E-state index contributed by atoms with van der Waals surface area (Å²) >= 11 is 0. The number of esters is 1. The number of ether oxygens (including phenoxy) is 1. The first-order chi connectivity index (χ1) is 8.20. The molecule has 0 radical (unpaired) electrons. The Hall–Kier alpha value is -1.10. The molecule has 1 aliphatic rings. The van der Waals surface area contributed by atoms with E-state index in [0.29, 0.717) is 25.7 Å². The maximum absolute atomic E-state index is 11.8. The van der Waals surface area contributed by atoms with Crippen LogP contribution < -0.4 is 5.73 Å². The summed E-state index contributed by atoms with van der Waals surface area (Å²) in [5.74, 6) is -1.39. The number of nitrogens with two attached hydrogens (primary N) is 1. The number of carboxylic acids is 1. The first-order valence-corrected chi connectivity index (χ1v) is 6.42.